The van der Waals surface area contributed by atoms with Crippen LogP contribution in [0.25, 0.3) is 0 Å². The monoisotopic (exact) mass is 470 g/mol. The normalized spacial score (nSPS) is 22.2. The van der Waals surface area contributed by atoms with Crippen LogP contribution < -0.4 is 14.9 Å². The van der Waals surface area contributed by atoms with Crippen LogP contribution in [-0.2, 0) is 20.2 Å². The average Bonchev–Trinajstić information content (AvgIpc) is 3.65. The topological polar surface area (TPSA) is 101 Å². The van der Waals surface area contributed by atoms with E-state index in [-0.39, 0.29) is 11.5 Å². The maximum atomic E-state index is 12.6. The molecule has 0 bridgehead atoms. The second-order valence-electron chi connectivity index (χ2n) is 9.80. The number of nitrogens with one attached hydrogen (secondary N) is 2. The van der Waals surface area contributed by atoms with Gasteiger partial charge in [-0.05, 0) is 60.1 Å². The summed E-state index contributed by atoms with van der Waals surface area (Å²) in [5, 5.41) is 3.18. The third-order valence-corrected chi connectivity index (χ3v) is 8.60. The molecule has 3 aliphatic rings. The van der Waals surface area contributed by atoms with E-state index in [0.717, 1.165) is 55.2 Å². The van der Waals surface area contributed by atoms with Crippen molar-refractivity contribution >= 4 is 27.3 Å². The van der Waals surface area contributed by atoms with E-state index in [9.17, 15) is 13.2 Å². The maximum Gasteiger partial charge on any atom is 0.264 e. The molecule has 1 aromatic carbocycles. The Hall–Kier alpha value is -2.65. The molecule has 176 valence electrons. The summed E-state index contributed by atoms with van der Waals surface area (Å²) in [6.07, 6.45) is 5.86. The number of benzene rings is 1. The first kappa shape index (κ1) is 22.2. The smallest absolute Gasteiger partial charge is 0.264 e. The number of nitrogens with zero attached hydrogens (tertiary/aromatic N) is 2. The van der Waals surface area contributed by atoms with Crippen LogP contribution in [0, 0.1) is 0 Å². The number of amides is 1. The number of carbonyl (C=O) groups is 1. The predicted octanol–water partition coefficient (Wildman–Crippen LogP) is 2.97. The Morgan fingerprint density at radius 1 is 1.18 bits per heavy atom. The molecule has 2 fully saturated rings. The molecule has 1 atom stereocenters. The SMILES string of the molecule is CC1(C)CC(c2cncc(N3CCOCC3)c2)Nc2ccc(C(=O)NS(=O)(=O)C3CC3)cc21. The molecule has 3 heterocycles. The van der Waals surface area contributed by atoms with Gasteiger partial charge in [-0.25, -0.2) is 13.1 Å². The molecule has 1 amide bonds. The Balaban J connectivity index is 1.38. The molecule has 1 aromatic heterocycles. The summed E-state index contributed by atoms with van der Waals surface area (Å²) in [6.45, 7) is 7.48. The largest absolute Gasteiger partial charge is 0.378 e. The van der Waals surface area contributed by atoms with Crippen molar-refractivity contribution in [2.75, 3.05) is 36.5 Å². The minimum atomic E-state index is -3.58. The number of fused-ring (bicyclic) bond motifs is 1. The molecule has 2 N–H and O–H groups in total. The summed E-state index contributed by atoms with van der Waals surface area (Å²) in [5.41, 5.74) is 4.33. The lowest BCUT2D eigenvalue weighted by Gasteiger charge is -2.39. The fourth-order valence-corrected chi connectivity index (χ4v) is 6.01. The van der Waals surface area contributed by atoms with E-state index in [4.69, 9.17) is 4.74 Å². The van der Waals surface area contributed by atoms with Gasteiger partial charge in [-0.2, -0.15) is 0 Å². The lowest BCUT2D eigenvalue weighted by molar-refractivity contribution is 0.0981. The highest BCUT2D eigenvalue weighted by Crippen LogP contribution is 2.44. The number of morpholine rings is 1. The highest BCUT2D eigenvalue weighted by atomic mass is 32.2. The Kier molecular flexibility index (Phi) is 5.56. The summed E-state index contributed by atoms with van der Waals surface area (Å²) in [7, 11) is -3.58. The number of carbonyl (C=O) groups excluding carboxylic acids is 1. The molecule has 0 spiro atoms. The van der Waals surface area contributed by atoms with Gasteiger partial charge >= 0.3 is 0 Å². The van der Waals surface area contributed by atoms with Crippen LogP contribution in [-0.4, -0.2) is 50.9 Å². The minimum absolute atomic E-state index is 0.0795. The Labute approximate surface area is 194 Å². The first-order valence-corrected chi connectivity index (χ1v) is 13.0. The molecule has 0 radical (unpaired) electrons. The van der Waals surface area contributed by atoms with Gasteiger partial charge in [0.2, 0.25) is 10.0 Å². The number of anilines is 2. The molecule has 1 saturated carbocycles. The molecule has 2 aliphatic heterocycles. The van der Waals surface area contributed by atoms with Gasteiger partial charge in [0.15, 0.2) is 0 Å². The first-order valence-electron chi connectivity index (χ1n) is 11.5. The van der Waals surface area contributed by atoms with Crippen LogP contribution in [0.3, 0.4) is 0 Å². The van der Waals surface area contributed by atoms with E-state index in [0.29, 0.717) is 18.4 Å². The van der Waals surface area contributed by atoms with Gasteiger partial charge in [-0.15, -0.1) is 0 Å². The third-order valence-electron chi connectivity index (χ3n) is 6.78. The van der Waals surface area contributed by atoms with Crippen molar-refractivity contribution in [3.63, 3.8) is 0 Å². The van der Waals surface area contributed by atoms with Crippen molar-refractivity contribution < 1.29 is 17.9 Å². The summed E-state index contributed by atoms with van der Waals surface area (Å²) in [4.78, 5) is 19.4. The lowest BCUT2D eigenvalue weighted by Crippen LogP contribution is -2.36. The van der Waals surface area contributed by atoms with Crippen molar-refractivity contribution in [2.45, 2.75) is 49.8 Å². The van der Waals surface area contributed by atoms with Crippen molar-refractivity contribution in [2.24, 2.45) is 0 Å². The van der Waals surface area contributed by atoms with E-state index >= 15 is 0 Å². The average molecular weight is 471 g/mol. The molecule has 9 heteroatoms. The van der Waals surface area contributed by atoms with Crippen LogP contribution in [0.4, 0.5) is 11.4 Å². The Morgan fingerprint density at radius 3 is 2.67 bits per heavy atom. The number of hydrogen-bond acceptors (Lipinski definition) is 7. The summed E-state index contributed by atoms with van der Waals surface area (Å²) >= 11 is 0. The summed E-state index contributed by atoms with van der Waals surface area (Å²) < 4.78 is 32.0. The minimum Gasteiger partial charge on any atom is -0.378 e. The summed E-state index contributed by atoms with van der Waals surface area (Å²) in [5.74, 6) is -0.565. The molecule has 1 saturated heterocycles. The molecule has 1 aliphatic carbocycles. The van der Waals surface area contributed by atoms with Gasteiger partial charge in [-0.1, -0.05) is 13.8 Å². The van der Waals surface area contributed by atoms with Crippen LogP contribution in [0.2, 0.25) is 0 Å². The van der Waals surface area contributed by atoms with E-state index in [1.807, 2.05) is 24.5 Å². The van der Waals surface area contributed by atoms with Crippen molar-refractivity contribution in [1.82, 2.24) is 9.71 Å². The summed E-state index contributed by atoms with van der Waals surface area (Å²) in [6, 6.07) is 7.65. The number of aromatic nitrogens is 1. The molecule has 1 unspecified atom stereocenters. The van der Waals surface area contributed by atoms with Crippen molar-refractivity contribution in [3.8, 4) is 0 Å². The first-order chi connectivity index (χ1) is 15.7. The predicted molar refractivity (Wildman–Crippen MR) is 127 cm³/mol. The van der Waals surface area contributed by atoms with Crippen LogP contribution in [0.1, 0.15) is 60.6 Å². The molecule has 2 aromatic rings. The van der Waals surface area contributed by atoms with E-state index in [2.05, 4.69) is 39.8 Å². The van der Waals surface area contributed by atoms with Gasteiger partial charge < -0.3 is 15.0 Å². The Morgan fingerprint density at radius 2 is 1.94 bits per heavy atom. The highest BCUT2D eigenvalue weighted by molar-refractivity contribution is 7.91. The maximum absolute atomic E-state index is 12.6. The van der Waals surface area contributed by atoms with Gasteiger partial charge in [0.25, 0.3) is 5.91 Å². The Bertz CT molecular complexity index is 1170. The van der Waals surface area contributed by atoms with Gasteiger partial charge in [0.1, 0.15) is 0 Å². The van der Waals surface area contributed by atoms with Crippen molar-refractivity contribution in [1.29, 1.82) is 0 Å². The second-order valence-corrected chi connectivity index (χ2v) is 11.8. The number of ether oxygens (including phenoxy) is 1. The zero-order chi connectivity index (χ0) is 23.2. The second kappa shape index (κ2) is 8.29. The third kappa shape index (κ3) is 4.56. The molecule has 5 rings (SSSR count). The quantitative estimate of drug-likeness (QED) is 0.693. The molecule has 33 heavy (non-hydrogen) atoms. The van der Waals surface area contributed by atoms with E-state index < -0.39 is 21.2 Å². The highest BCUT2D eigenvalue weighted by Gasteiger charge is 2.38. The fraction of sp³-hybridized carbons (Fsp3) is 0.500. The van der Waals surface area contributed by atoms with Crippen LogP contribution in [0.15, 0.2) is 36.7 Å². The number of rotatable bonds is 5. The number of sulfonamides is 1. The van der Waals surface area contributed by atoms with Crippen LogP contribution >= 0.6 is 0 Å². The van der Waals surface area contributed by atoms with Gasteiger partial charge in [-0.3, -0.25) is 9.78 Å². The van der Waals surface area contributed by atoms with Gasteiger partial charge in [0, 0.05) is 30.5 Å². The van der Waals surface area contributed by atoms with Crippen molar-refractivity contribution in [3.05, 3.63) is 53.3 Å². The fourth-order valence-electron chi connectivity index (χ4n) is 4.71. The molecule has 8 nitrogen and oxygen atoms in total. The zero-order valence-corrected chi connectivity index (χ0v) is 19.8. The zero-order valence-electron chi connectivity index (χ0n) is 19.0. The van der Waals surface area contributed by atoms with E-state index in [1.165, 1.54) is 0 Å². The lowest BCUT2D eigenvalue weighted by atomic mass is 9.74. The molecular formula is C24H30N4O4S. The molecular weight excluding hydrogens is 440 g/mol. The standard InChI is InChI=1S/C24H30N4O4S/c1-24(2)13-22(17-11-18(15-25-14-17)28-7-9-32-10-8-28)26-21-6-3-16(12-20(21)24)23(29)27-33(30,31)19-4-5-19/h3,6,11-12,14-15,19,22,26H,4-5,7-10,13H2,1-2H3,(H,27,29). The number of hydrogen-bond donors (Lipinski definition) is 2. The van der Waals surface area contributed by atoms with Crippen LogP contribution in [0.5, 0.6) is 0 Å². The van der Waals surface area contributed by atoms with Gasteiger partial charge in [0.05, 0.1) is 36.4 Å². The van der Waals surface area contributed by atoms with E-state index in [1.54, 1.807) is 6.07 Å². The number of pyridine rings is 1.